The standard InChI is InChI=1S/C22H26N4O2/c27-21(7-6-19-4-2-1-3-5-19)24-13-10-22(28)26-16-14-25(15-17-26)18-20-8-11-23-12-9-20/h1-9,11-12H,10,13-18H2,(H,24,27)/p+1/b7-6+. The van der Waals surface area contributed by atoms with Crippen molar-refractivity contribution in [3.63, 3.8) is 0 Å². The number of rotatable bonds is 7. The fourth-order valence-corrected chi connectivity index (χ4v) is 3.28. The Labute approximate surface area is 165 Å². The maximum absolute atomic E-state index is 12.4. The molecule has 1 saturated heterocycles. The summed E-state index contributed by atoms with van der Waals surface area (Å²) in [4.78, 5) is 31.7. The van der Waals surface area contributed by atoms with Crippen molar-refractivity contribution in [3.8, 4) is 0 Å². The van der Waals surface area contributed by atoms with E-state index in [0.717, 1.165) is 38.3 Å². The SMILES string of the molecule is O=C(/C=C/c1ccccc1)NCCC(=O)N1CC[NH+](Cc2ccncc2)CC1. The molecule has 1 fully saturated rings. The normalized spacial score (nSPS) is 14.9. The summed E-state index contributed by atoms with van der Waals surface area (Å²) in [5.74, 6) is -0.0708. The smallest absolute Gasteiger partial charge is 0.244 e. The molecule has 0 bridgehead atoms. The molecular formula is C22H27N4O2+. The largest absolute Gasteiger partial charge is 0.352 e. The Morgan fingerprint density at radius 1 is 1.07 bits per heavy atom. The van der Waals surface area contributed by atoms with Crippen molar-refractivity contribution in [2.45, 2.75) is 13.0 Å². The summed E-state index contributed by atoms with van der Waals surface area (Å²) in [6.07, 6.45) is 7.24. The van der Waals surface area contributed by atoms with Crippen LogP contribution in [0.2, 0.25) is 0 Å². The predicted octanol–water partition coefficient (Wildman–Crippen LogP) is 0.528. The molecule has 1 aromatic carbocycles. The van der Waals surface area contributed by atoms with Crippen LogP contribution in [-0.4, -0.2) is 54.4 Å². The highest BCUT2D eigenvalue weighted by molar-refractivity contribution is 5.92. The number of carbonyl (C=O) groups excluding carboxylic acids is 2. The van der Waals surface area contributed by atoms with E-state index in [9.17, 15) is 9.59 Å². The van der Waals surface area contributed by atoms with Gasteiger partial charge in [0.1, 0.15) is 6.54 Å². The van der Waals surface area contributed by atoms with E-state index in [1.807, 2.05) is 59.8 Å². The van der Waals surface area contributed by atoms with Crippen LogP contribution in [0.25, 0.3) is 6.08 Å². The Hall–Kier alpha value is -2.99. The van der Waals surface area contributed by atoms with Crippen molar-refractivity contribution < 1.29 is 14.5 Å². The van der Waals surface area contributed by atoms with Crippen LogP contribution in [0.5, 0.6) is 0 Å². The quantitative estimate of drug-likeness (QED) is 0.690. The first-order valence-corrected chi connectivity index (χ1v) is 9.72. The van der Waals surface area contributed by atoms with Gasteiger partial charge in [0, 0.05) is 37.0 Å². The summed E-state index contributed by atoms with van der Waals surface area (Å²) in [6, 6.07) is 13.7. The third-order valence-electron chi connectivity index (χ3n) is 4.89. The van der Waals surface area contributed by atoms with Crippen LogP contribution in [0.1, 0.15) is 17.5 Å². The number of quaternary nitrogens is 1. The third kappa shape index (κ3) is 6.32. The molecule has 1 aliphatic rings. The minimum absolute atomic E-state index is 0.107. The van der Waals surface area contributed by atoms with Crippen molar-refractivity contribution in [2.24, 2.45) is 0 Å². The molecule has 1 aliphatic heterocycles. The van der Waals surface area contributed by atoms with Crippen LogP contribution in [0, 0.1) is 0 Å². The van der Waals surface area contributed by atoms with Gasteiger partial charge in [-0.05, 0) is 23.8 Å². The highest BCUT2D eigenvalue weighted by atomic mass is 16.2. The minimum Gasteiger partial charge on any atom is -0.352 e. The third-order valence-corrected chi connectivity index (χ3v) is 4.89. The number of hydrogen-bond acceptors (Lipinski definition) is 3. The number of nitrogens with one attached hydrogen (secondary N) is 2. The van der Waals surface area contributed by atoms with E-state index in [4.69, 9.17) is 0 Å². The summed E-state index contributed by atoms with van der Waals surface area (Å²) in [6.45, 7) is 4.75. The van der Waals surface area contributed by atoms with Gasteiger partial charge < -0.3 is 15.1 Å². The lowest BCUT2D eigenvalue weighted by Crippen LogP contribution is -3.13. The number of benzene rings is 1. The number of aromatic nitrogens is 1. The molecule has 2 heterocycles. The molecule has 2 amide bonds. The molecule has 2 N–H and O–H groups in total. The van der Waals surface area contributed by atoms with Gasteiger partial charge in [-0.1, -0.05) is 30.3 Å². The van der Waals surface area contributed by atoms with Gasteiger partial charge in [0.05, 0.1) is 26.2 Å². The fourth-order valence-electron chi connectivity index (χ4n) is 3.28. The first kappa shape index (κ1) is 19.8. The maximum atomic E-state index is 12.4. The van der Waals surface area contributed by atoms with Crippen molar-refractivity contribution in [2.75, 3.05) is 32.7 Å². The molecule has 0 radical (unpaired) electrons. The lowest BCUT2D eigenvalue weighted by atomic mass is 10.2. The van der Waals surface area contributed by atoms with Crippen LogP contribution in [0.3, 0.4) is 0 Å². The predicted molar refractivity (Wildman–Crippen MR) is 108 cm³/mol. The van der Waals surface area contributed by atoms with Crippen LogP contribution < -0.4 is 10.2 Å². The molecule has 6 nitrogen and oxygen atoms in total. The zero-order valence-electron chi connectivity index (χ0n) is 16.0. The maximum Gasteiger partial charge on any atom is 0.244 e. The molecule has 28 heavy (non-hydrogen) atoms. The lowest BCUT2D eigenvalue weighted by molar-refractivity contribution is -0.917. The van der Waals surface area contributed by atoms with Crippen molar-refractivity contribution >= 4 is 17.9 Å². The molecular weight excluding hydrogens is 352 g/mol. The molecule has 0 atom stereocenters. The van der Waals surface area contributed by atoms with Gasteiger partial charge in [-0.25, -0.2) is 0 Å². The highest BCUT2D eigenvalue weighted by Crippen LogP contribution is 2.01. The Bertz CT molecular complexity index is 785. The number of piperazine rings is 1. The molecule has 0 unspecified atom stereocenters. The van der Waals surface area contributed by atoms with Gasteiger partial charge in [0.25, 0.3) is 0 Å². The van der Waals surface area contributed by atoms with E-state index in [1.54, 1.807) is 6.08 Å². The zero-order valence-corrected chi connectivity index (χ0v) is 16.0. The molecule has 146 valence electrons. The van der Waals surface area contributed by atoms with Gasteiger partial charge >= 0.3 is 0 Å². The molecule has 3 rings (SSSR count). The van der Waals surface area contributed by atoms with E-state index in [2.05, 4.69) is 10.3 Å². The van der Waals surface area contributed by atoms with E-state index in [0.29, 0.717) is 13.0 Å². The monoisotopic (exact) mass is 379 g/mol. The van der Waals surface area contributed by atoms with Crippen LogP contribution in [0.4, 0.5) is 0 Å². The van der Waals surface area contributed by atoms with Crippen LogP contribution in [0.15, 0.2) is 60.9 Å². The zero-order chi connectivity index (χ0) is 19.6. The second-order valence-corrected chi connectivity index (χ2v) is 6.95. The van der Waals surface area contributed by atoms with E-state index in [-0.39, 0.29) is 11.8 Å². The molecule has 2 aromatic rings. The van der Waals surface area contributed by atoms with Gasteiger partial charge in [-0.2, -0.15) is 0 Å². The molecule has 0 saturated carbocycles. The van der Waals surface area contributed by atoms with E-state index < -0.39 is 0 Å². The number of amides is 2. The molecule has 1 aromatic heterocycles. The summed E-state index contributed by atoms with van der Waals surface area (Å²) in [5, 5.41) is 2.78. The summed E-state index contributed by atoms with van der Waals surface area (Å²) >= 11 is 0. The summed E-state index contributed by atoms with van der Waals surface area (Å²) in [5.41, 5.74) is 2.25. The Morgan fingerprint density at radius 2 is 1.79 bits per heavy atom. The summed E-state index contributed by atoms with van der Waals surface area (Å²) < 4.78 is 0. The first-order chi connectivity index (χ1) is 13.7. The fraction of sp³-hybridized carbons (Fsp3) is 0.318. The van der Waals surface area contributed by atoms with E-state index in [1.165, 1.54) is 16.5 Å². The molecule has 0 aliphatic carbocycles. The number of pyridine rings is 1. The van der Waals surface area contributed by atoms with Crippen molar-refractivity contribution in [1.29, 1.82) is 0 Å². The Balaban J connectivity index is 1.33. The highest BCUT2D eigenvalue weighted by Gasteiger charge is 2.23. The van der Waals surface area contributed by atoms with Crippen molar-refractivity contribution in [1.82, 2.24) is 15.2 Å². The molecule has 6 heteroatoms. The first-order valence-electron chi connectivity index (χ1n) is 9.72. The van der Waals surface area contributed by atoms with Gasteiger partial charge in [-0.3, -0.25) is 14.6 Å². The molecule has 0 spiro atoms. The topological polar surface area (TPSA) is 66.7 Å². The van der Waals surface area contributed by atoms with Gasteiger partial charge in [0.2, 0.25) is 11.8 Å². The van der Waals surface area contributed by atoms with Gasteiger partial charge in [-0.15, -0.1) is 0 Å². The van der Waals surface area contributed by atoms with Gasteiger partial charge in [0.15, 0.2) is 0 Å². The number of nitrogens with zero attached hydrogens (tertiary/aromatic N) is 2. The van der Waals surface area contributed by atoms with Crippen LogP contribution in [-0.2, 0) is 16.1 Å². The van der Waals surface area contributed by atoms with E-state index >= 15 is 0 Å². The second-order valence-electron chi connectivity index (χ2n) is 6.95. The van der Waals surface area contributed by atoms with Crippen LogP contribution >= 0.6 is 0 Å². The minimum atomic E-state index is -0.178. The number of hydrogen-bond donors (Lipinski definition) is 2. The average Bonchev–Trinajstić information content (AvgIpc) is 2.74. The van der Waals surface area contributed by atoms with Crippen molar-refractivity contribution in [3.05, 3.63) is 72.1 Å². The Kier molecular flexibility index (Phi) is 7.32. The lowest BCUT2D eigenvalue weighted by Gasteiger charge is -2.32. The second kappa shape index (κ2) is 10.4. The average molecular weight is 379 g/mol. The summed E-state index contributed by atoms with van der Waals surface area (Å²) in [7, 11) is 0. The number of carbonyl (C=O) groups is 2. The Morgan fingerprint density at radius 3 is 2.50 bits per heavy atom.